The fourth-order valence-electron chi connectivity index (χ4n) is 2.74. The molecule has 8 heteroatoms. The smallest absolute Gasteiger partial charge is 0.325 e. The third-order valence-corrected chi connectivity index (χ3v) is 4.27. The minimum atomic E-state index is -0.499. The summed E-state index contributed by atoms with van der Waals surface area (Å²) in [6.07, 6.45) is 0. The Morgan fingerprint density at radius 3 is 2.52 bits per heavy atom. The summed E-state index contributed by atoms with van der Waals surface area (Å²) in [5.41, 5.74) is 1.03. The first-order valence-electron chi connectivity index (χ1n) is 7.41. The topological polar surface area (TPSA) is 73.0 Å². The maximum absolute atomic E-state index is 12.3. The molecule has 0 saturated carbocycles. The van der Waals surface area contributed by atoms with Gasteiger partial charge in [0.1, 0.15) is 6.54 Å². The molecule has 122 valence electrons. The lowest BCUT2D eigenvalue weighted by Crippen LogP contribution is -2.52. The van der Waals surface area contributed by atoms with Gasteiger partial charge in [-0.1, -0.05) is 17.7 Å². The molecule has 3 rings (SSSR count). The summed E-state index contributed by atoms with van der Waals surface area (Å²) >= 11 is 6.00. The highest BCUT2D eigenvalue weighted by Gasteiger charge is 2.32. The van der Waals surface area contributed by atoms with E-state index in [0.29, 0.717) is 31.2 Å². The quantitative estimate of drug-likeness (QED) is 0.818. The number of nitrogens with one attached hydrogen (secondary N) is 1. The number of anilines is 1. The summed E-state index contributed by atoms with van der Waals surface area (Å²) in [6, 6.07) is 7.10. The van der Waals surface area contributed by atoms with Crippen LogP contribution in [0, 0.1) is 0 Å². The van der Waals surface area contributed by atoms with Crippen molar-refractivity contribution in [1.82, 2.24) is 15.1 Å². The number of hydrogen-bond acceptors (Lipinski definition) is 4. The summed E-state index contributed by atoms with van der Waals surface area (Å²) in [5.74, 6) is -0.568. The number of halogens is 1. The van der Waals surface area contributed by atoms with Gasteiger partial charge in [-0.05, 0) is 18.2 Å². The largest absolute Gasteiger partial charge is 0.368 e. The standard InChI is InChI=1S/C15H17ClN4O3/c16-11-2-1-3-12(8-11)18-4-6-19(7-5-18)14(22)10-20-13(21)9-17-15(20)23/h1-3,8H,4-7,9-10H2,(H,17,23). The molecule has 0 aromatic heterocycles. The Morgan fingerprint density at radius 1 is 1.17 bits per heavy atom. The van der Waals surface area contributed by atoms with Crippen LogP contribution in [-0.2, 0) is 9.59 Å². The SMILES string of the molecule is O=C(CN1C(=O)CNC1=O)N1CCN(c2cccc(Cl)c2)CC1. The number of urea groups is 1. The molecule has 0 unspecified atom stereocenters. The zero-order chi connectivity index (χ0) is 16.4. The van der Waals surface area contributed by atoms with Crippen LogP contribution in [0.1, 0.15) is 0 Å². The summed E-state index contributed by atoms with van der Waals surface area (Å²) in [4.78, 5) is 40.1. The van der Waals surface area contributed by atoms with Gasteiger partial charge in [-0.3, -0.25) is 14.5 Å². The molecule has 1 N–H and O–H groups in total. The van der Waals surface area contributed by atoms with Crippen LogP contribution in [0.15, 0.2) is 24.3 Å². The minimum absolute atomic E-state index is 0.0331. The lowest BCUT2D eigenvalue weighted by Gasteiger charge is -2.36. The number of imide groups is 1. The first kappa shape index (κ1) is 15.6. The molecule has 1 aromatic carbocycles. The monoisotopic (exact) mass is 336 g/mol. The average Bonchev–Trinajstić information content (AvgIpc) is 2.87. The second-order valence-corrected chi connectivity index (χ2v) is 5.92. The summed E-state index contributed by atoms with van der Waals surface area (Å²) in [7, 11) is 0. The molecular weight excluding hydrogens is 320 g/mol. The average molecular weight is 337 g/mol. The van der Waals surface area contributed by atoms with Crippen LogP contribution in [0.4, 0.5) is 10.5 Å². The molecule has 2 aliphatic heterocycles. The van der Waals surface area contributed by atoms with Crippen molar-refractivity contribution in [2.45, 2.75) is 0 Å². The normalized spacial score (nSPS) is 18.4. The van der Waals surface area contributed by atoms with Gasteiger partial charge in [0.25, 0.3) is 5.91 Å². The number of carbonyl (C=O) groups excluding carboxylic acids is 3. The van der Waals surface area contributed by atoms with Gasteiger partial charge in [0.15, 0.2) is 0 Å². The van der Waals surface area contributed by atoms with Crippen LogP contribution in [0.25, 0.3) is 0 Å². The Kier molecular flexibility index (Phi) is 4.38. The van der Waals surface area contributed by atoms with Crippen molar-refractivity contribution >= 4 is 35.1 Å². The third-order valence-electron chi connectivity index (χ3n) is 4.04. The Labute approximate surface area is 138 Å². The van der Waals surface area contributed by atoms with E-state index in [9.17, 15) is 14.4 Å². The molecule has 1 aromatic rings. The van der Waals surface area contributed by atoms with Gasteiger partial charge in [-0.2, -0.15) is 0 Å². The molecule has 23 heavy (non-hydrogen) atoms. The molecule has 0 atom stereocenters. The van der Waals surface area contributed by atoms with E-state index >= 15 is 0 Å². The van der Waals surface area contributed by atoms with Crippen molar-refractivity contribution in [1.29, 1.82) is 0 Å². The Balaban J connectivity index is 1.55. The highest BCUT2D eigenvalue weighted by molar-refractivity contribution is 6.30. The van der Waals surface area contributed by atoms with Crippen LogP contribution in [-0.4, -0.2) is 66.9 Å². The van der Waals surface area contributed by atoms with Crippen molar-refractivity contribution in [3.63, 3.8) is 0 Å². The predicted octanol–water partition coefficient (Wildman–Crippen LogP) is 0.540. The molecule has 0 bridgehead atoms. The molecule has 2 fully saturated rings. The lowest BCUT2D eigenvalue weighted by atomic mass is 10.2. The van der Waals surface area contributed by atoms with Gasteiger partial charge in [-0.25, -0.2) is 4.79 Å². The zero-order valence-electron chi connectivity index (χ0n) is 12.5. The maximum Gasteiger partial charge on any atom is 0.325 e. The van der Waals surface area contributed by atoms with Crippen molar-refractivity contribution < 1.29 is 14.4 Å². The van der Waals surface area contributed by atoms with Crippen LogP contribution in [0.3, 0.4) is 0 Å². The van der Waals surface area contributed by atoms with E-state index in [1.165, 1.54) is 0 Å². The first-order chi connectivity index (χ1) is 11.0. The molecule has 4 amide bonds. The number of benzene rings is 1. The van der Waals surface area contributed by atoms with E-state index < -0.39 is 6.03 Å². The number of piperazine rings is 1. The number of nitrogens with zero attached hydrogens (tertiary/aromatic N) is 3. The van der Waals surface area contributed by atoms with E-state index in [0.717, 1.165) is 10.6 Å². The number of carbonyl (C=O) groups is 3. The molecule has 0 radical (unpaired) electrons. The Hall–Kier alpha value is -2.28. The van der Waals surface area contributed by atoms with Gasteiger partial charge in [0.2, 0.25) is 5.91 Å². The van der Waals surface area contributed by atoms with Gasteiger partial charge < -0.3 is 15.1 Å². The van der Waals surface area contributed by atoms with E-state index in [4.69, 9.17) is 11.6 Å². The van der Waals surface area contributed by atoms with Crippen LogP contribution < -0.4 is 10.2 Å². The Morgan fingerprint density at radius 2 is 1.91 bits per heavy atom. The predicted molar refractivity (Wildman–Crippen MR) is 85.4 cm³/mol. The highest BCUT2D eigenvalue weighted by atomic mass is 35.5. The fraction of sp³-hybridized carbons (Fsp3) is 0.400. The van der Waals surface area contributed by atoms with Crippen molar-refractivity contribution in [3.8, 4) is 0 Å². The van der Waals surface area contributed by atoms with Gasteiger partial charge in [0, 0.05) is 36.9 Å². The van der Waals surface area contributed by atoms with E-state index in [1.54, 1.807) is 4.90 Å². The third kappa shape index (κ3) is 3.39. The first-order valence-corrected chi connectivity index (χ1v) is 7.79. The Bertz CT molecular complexity index is 627. The zero-order valence-corrected chi connectivity index (χ0v) is 13.3. The van der Waals surface area contributed by atoms with Crippen molar-refractivity contribution in [2.24, 2.45) is 0 Å². The van der Waals surface area contributed by atoms with Crippen molar-refractivity contribution in [3.05, 3.63) is 29.3 Å². The van der Waals surface area contributed by atoms with E-state index in [1.807, 2.05) is 24.3 Å². The van der Waals surface area contributed by atoms with Crippen LogP contribution in [0.2, 0.25) is 5.02 Å². The molecule has 2 saturated heterocycles. The highest BCUT2D eigenvalue weighted by Crippen LogP contribution is 2.20. The molecule has 0 aliphatic carbocycles. The summed E-state index contributed by atoms with van der Waals surface area (Å²) in [5, 5.41) is 3.09. The van der Waals surface area contributed by atoms with Gasteiger partial charge >= 0.3 is 6.03 Å². The molecule has 7 nitrogen and oxygen atoms in total. The molecule has 2 aliphatic rings. The molecule has 0 spiro atoms. The van der Waals surface area contributed by atoms with Gasteiger partial charge in [-0.15, -0.1) is 0 Å². The van der Waals surface area contributed by atoms with Crippen molar-refractivity contribution in [2.75, 3.05) is 44.2 Å². The number of rotatable bonds is 3. The van der Waals surface area contributed by atoms with E-state index in [-0.39, 0.29) is 24.9 Å². The molecule has 2 heterocycles. The summed E-state index contributed by atoms with van der Waals surface area (Å²) in [6.45, 7) is 2.25. The maximum atomic E-state index is 12.3. The van der Waals surface area contributed by atoms with Crippen LogP contribution in [0.5, 0.6) is 0 Å². The second kappa shape index (κ2) is 6.45. The number of hydrogen-bond donors (Lipinski definition) is 1. The van der Waals surface area contributed by atoms with Gasteiger partial charge in [0.05, 0.1) is 6.54 Å². The summed E-state index contributed by atoms with van der Waals surface area (Å²) < 4.78 is 0. The number of amides is 4. The lowest BCUT2D eigenvalue weighted by molar-refractivity contribution is -0.136. The molecular formula is C15H17ClN4O3. The van der Waals surface area contributed by atoms with Crippen LogP contribution >= 0.6 is 11.6 Å². The minimum Gasteiger partial charge on any atom is -0.368 e. The fourth-order valence-corrected chi connectivity index (χ4v) is 2.92. The second-order valence-electron chi connectivity index (χ2n) is 5.49. The van der Waals surface area contributed by atoms with E-state index in [2.05, 4.69) is 10.2 Å².